The first-order valence-corrected chi connectivity index (χ1v) is 5.41. The SMILES string of the molecule is Cc1ccc(Nc2cc(Cl)ncn2)c(Cl)c1. The van der Waals surface area contributed by atoms with E-state index in [-0.39, 0.29) is 0 Å². The van der Waals surface area contributed by atoms with E-state index in [4.69, 9.17) is 23.2 Å². The molecular formula is C11H9Cl2N3. The van der Waals surface area contributed by atoms with Crippen LogP contribution in [0.25, 0.3) is 0 Å². The second kappa shape index (κ2) is 4.68. The predicted octanol–water partition coefficient (Wildman–Crippen LogP) is 3.84. The highest BCUT2D eigenvalue weighted by molar-refractivity contribution is 6.33. The van der Waals surface area contributed by atoms with Crippen LogP contribution in [-0.2, 0) is 0 Å². The standard InChI is InChI=1S/C11H9Cl2N3/c1-7-2-3-9(8(12)4-7)16-11-5-10(13)14-6-15-11/h2-6H,1H3,(H,14,15,16). The summed E-state index contributed by atoms with van der Waals surface area (Å²) in [6.07, 6.45) is 1.40. The molecule has 1 aromatic carbocycles. The van der Waals surface area contributed by atoms with Crippen LogP contribution < -0.4 is 5.32 Å². The summed E-state index contributed by atoms with van der Waals surface area (Å²) >= 11 is 11.8. The van der Waals surface area contributed by atoms with Crippen LogP contribution in [0.4, 0.5) is 11.5 Å². The Hall–Kier alpha value is -1.32. The first-order chi connectivity index (χ1) is 7.65. The van der Waals surface area contributed by atoms with Gasteiger partial charge in [0.15, 0.2) is 0 Å². The highest BCUT2D eigenvalue weighted by Gasteiger charge is 2.02. The normalized spacial score (nSPS) is 10.2. The number of nitrogens with zero attached hydrogens (tertiary/aromatic N) is 2. The fourth-order valence-electron chi connectivity index (χ4n) is 1.26. The summed E-state index contributed by atoms with van der Waals surface area (Å²) in [5.74, 6) is 0.616. The first-order valence-electron chi connectivity index (χ1n) is 4.66. The minimum absolute atomic E-state index is 0.390. The monoisotopic (exact) mass is 253 g/mol. The van der Waals surface area contributed by atoms with E-state index in [9.17, 15) is 0 Å². The molecule has 1 heterocycles. The number of halogens is 2. The van der Waals surface area contributed by atoms with Gasteiger partial charge in [0.05, 0.1) is 10.7 Å². The molecule has 0 atom stereocenters. The molecule has 2 rings (SSSR count). The van der Waals surface area contributed by atoms with Gasteiger partial charge in [-0.2, -0.15) is 0 Å². The largest absolute Gasteiger partial charge is 0.339 e. The summed E-state index contributed by atoms with van der Waals surface area (Å²) < 4.78 is 0. The molecule has 0 amide bonds. The first kappa shape index (κ1) is 11.2. The average molecular weight is 254 g/mol. The molecule has 2 aromatic rings. The van der Waals surface area contributed by atoms with Gasteiger partial charge >= 0.3 is 0 Å². The zero-order valence-electron chi connectivity index (χ0n) is 8.54. The maximum Gasteiger partial charge on any atom is 0.135 e. The van der Waals surface area contributed by atoms with Crippen LogP contribution in [0, 0.1) is 6.92 Å². The predicted molar refractivity (Wildman–Crippen MR) is 66.5 cm³/mol. The molecule has 0 saturated heterocycles. The van der Waals surface area contributed by atoms with Crippen LogP contribution in [-0.4, -0.2) is 9.97 Å². The van der Waals surface area contributed by atoms with E-state index < -0.39 is 0 Å². The van der Waals surface area contributed by atoms with Crippen molar-refractivity contribution in [3.63, 3.8) is 0 Å². The number of aromatic nitrogens is 2. The lowest BCUT2D eigenvalue weighted by molar-refractivity contribution is 1.17. The van der Waals surface area contributed by atoms with Crippen LogP contribution in [0.3, 0.4) is 0 Å². The van der Waals surface area contributed by atoms with Crippen molar-refractivity contribution in [2.45, 2.75) is 6.92 Å². The molecule has 0 bridgehead atoms. The van der Waals surface area contributed by atoms with Crippen molar-refractivity contribution < 1.29 is 0 Å². The summed E-state index contributed by atoms with van der Waals surface area (Å²) in [7, 11) is 0. The van der Waals surface area contributed by atoms with Gasteiger partial charge in [-0.1, -0.05) is 29.3 Å². The Kier molecular flexibility index (Phi) is 3.27. The minimum Gasteiger partial charge on any atom is -0.339 e. The fraction of sp³-hybridized carbons (Fsp3) is 0.0909. The van der Waals surface area contributed by atoms with Crippen LogP contribution in [0.15, 0.2) is 30.6 Å². The zero-order chi connectivity index (χ0) is 11.5. The summed E-state index contributed by atoms with van der Waals surface area (Å²) in [5, 5.41) is 4.11. The Morgan fingerprint density at radius 3 is 2.62 bits per heavy atom. The van der Waals surface area contributed by atoms with Gasteiger partial charge in [-0.05, 0) is 24.6 Å². The number of benzene rings is 1. The molecule has 0 radical (unpaired) electrons. The number of anilines is 2. The number of aryl methyl sites for hydroxylation is 1. The highest BCUT2D eigenvalue weighted by Crippen LogP contribution is 2.25. The third-order valence-corrected chi connectivity index (χ3v) is 2.54. The molecule has 1 aromatic heterocycles. The van der Waals surface area contributed by atoms with Crippen molar-refractivity contribution in [1.82, 2.24) is 9.97 Å². The quantitative estimate of drug-likeness (QED) is 0.827. The molecule has 0 saturated carbocycles. The summed E-state index contributed by atoms with van der Waals surface area (Å²) in [6.45, 7) is 1.98. The zero-order valence-corrected chi connectivity index (χ0v) is 10.0. The second-order valence-corrected chi connectivity index (χ2v) is 4.13. The summed E-state index contributed by atoms with van der Waals surface area (Å²) in [6, 6.07) is 7.38. The molecule has 5 heteroatoms. The lowest BCUT2D eigenvalue weighted by Crippen LogP contribution is -1.95. The summed E-state index contributed by atoms with van der Waals surface area (Å²) in [5.41, 5.74) is 1.90. The van der Waals surface area contributed by atoms with Crippen LogP contribution >= 0.6 is 23.2 Å². The Balaban J connectivity index is 2.27. The van der Waals surface area contributed by atoms with E-state index >= 15 is 0 Å². The Bertz CT molecular complexity index is 514. The van der Waals surface area contributed by atoms with Gasteiger partial charge in [0.25, 0.3) is 0 Å². The molecular weight excluding hydrogens is 245 g/mol. The molecule has 16 heavy (non-hydrogen) atoms. The molecule has 0 fully saturated rings. The molecule has 0 aliphatic heterocycles. The number of hydrogen-bond acceptors (Lipinski definition) is 3. The van der Waals surface area contributed by atoms with Gasteiger partial charge in [-0.25, -0.2) is 9.97 Å². The van der Waals surface area contributed by atoms with Crippen LogP contribution in [0.2, 0.25) is 10.2 Å². The molecule has 0 aliphatic rings. The average Bonchev–Trinajstić information content (AvgIpc) is 2.22. The van der Waals surface area contributed by atoms with Gasteiger partial charge in [-0.3, -0.25) is 0 Å². The minimum atomic E-state index is 0.390. The Morgan fingerprint density at radius 1 is 1.12 bits per heavy atom. The fourth-order valence-corrected chi connectivity index (χ4v) is 1.69. The van der Waals surface area contributed by atoms with Gasteiger partial charge in [0.1, 0.15) is 17.3 Å². The van der Waals surface area contributed by atoms with E-state index in [1.54, 1.807) is 6.07 Å². The van der Waals surface area contributed by atoms with E-state index in [0.717, 1.165) is 11.3 Å². The van der Waals surface area contributed by atoms with Gasteiger partial charge in [-0.15, -0.1) is 0 Å². The van der Waals surface area contributed by atoms with Crippen LogP contribution in [0.5, 0.6) is 0 Å². The number of nitrogens with one attached hydrogen (secondary N) is 1. The molecule has 0 unspecified atom stereocenters. The van der Waals surface area contributed by atoms with E-state index in [0.29, 0.717) is 16.0 Å². The van der Waals surface area contributed by atoms with Crippen molar-refractivity contribution >= 4 is 34.7 Å². The van der Waals surface area contributed by atoms with E-state index in [1.165, 1.54) is 6.33 Å². The maximum absolute atomic E-state index is 6.08. The second-order valence-electron chi connectivity index (χ2n) is 3.33. The van der Waals surface area contributed by atoms with Crippen molar-refractivity contribution in [3.05, 3.63) is 46.3 Å². The van der Waals surface area contributed by atoms with Gasteiger partial charge in [0.2, 0.25) is 0 Å². The molecule has 0 spiro atoms. The van der Waals surface area contributed by atoms with Crippen LogP contribution in [0.1, 0.15) is 5.56 Å². The third-order valence-electron chi connectivity index (χ3n) is 2.02. The van der Waals surface area contributed by atoms with E-state index in [2.05, 4.69) is 15.3 Å². The topological polar surface area (TPSA) is 37.8 Å². The Morgan fingerprint density at radius 2 is 1.94 bits per heavy atom. The maximum atomic E-state index is 6.08. The molecule has 82 valence electrons. The van der Waals surface area contributed by atoms with Crippen molar-refractivity contribution in [2.24, 2.45) is 0 Å². The van der Waals surface area contributed by atoms with Crippen molar-refractivity contribution in [1.29, 1.82) is 0 Å². The Labute approximate surface area is 103 Å². The van der Waals surface area contributed by atoms with Crippen molar-refractivity contribution in [3.8, 4) is 0 Å². The van der Waals surface area contributed by atoms with Crippen molar-refractivity contribution in [2.75, 3.05) is 5.32 Å². The number of hydrogen-bond donors (Lipinski definition) is 1. The van der Waals surface area contributed by atoms with E-state index in [1.807, 2.05) is 25.1 Å². The number of rotatable bonds is 2. The molecule has 0 aliphatic carbocycles. The van der Waals surface area contributed by atoms with Gasteiger partial charge < -0.3 is 5.32 Å². The molecule has 1 N–H and O–H groups in total. The smallest absolute Gasteiger partial charge is 0.135 e. The third kappa shape index (κ3) is 2.62. The molecule has 3 nitrogen and oxygen atoms in total. The summed E-state index contributed by atoms with van der Waals surface area (Å²) in [4.78, 5) is 7.83. The highest BCUT2D eigenvalue weighted by atomic mass is 35.5. The van der Waals surface area contributed by atoms with Gasteiger partial charge in [0, 0.05) is 6.07 Å². The lowest BCUT2D eigenvalue weighted by atomic mass is 10.2. The lowest BCUT2D eigenvalue weighted by Gasteiger charge is -2.07.